The summed E-state index contributed by atoms with van der Waals surface area (Å²) in [5.41, 5.74) is 3.16. The molecule has 2 heterocycles. The number of benzene rings is 2. The van der Waals surface area contributed by atoms with Crippen molar-refractivity contribution in [1.29, 1.82) is 0 Å². The summed E-state index contributed by atoms with van der Waals surface area (Å²) in [5, 5.41) is 32.1. The summed E-state index contributed by atoms with van der Waals surface area (Å²) >= 11 is 6.93. The molecule has 0 unspecified atom stereocenters. The van der Waals surface area contributed by atoms with Gasteiger partial charge in [-0.15, -0.1) is 0 Å². The van der Waals surface area contributed by atoms with Crippen molar-refractivity contribution >= 4 is 11.6 Å². The zero-order valence-electron chi connectivity index (χ0n) is 19.5. The highest BCUT2D eigenvalue weighted by atomic mass is 35.5. The second-order valence-corrected chi connectivity index (χ2v) is 10.1. The second kappa shape index (κ2) is 9.43. The van der Waals surface area contributed by atoms with Crippen LogP contribution in [0.15, 0.2) is 30.3 Å². The summed E-state index contributed by atoms with van der Waals surface area (Å²) in [6.45, 7) is 8.77. The highest BCUT2D eigenvalue weighted by Gasteiger charge is 2.44. The molecule has 0 amide bonds. The molecule has 2 aliphatic rings. The van der Waals surface area contributed by atoms with Crippen LogP contribution in [-0.4, -0.2) is 52.9 Å². The lowest BCUT2D eigenvalue weighted by molar-refractivity contribution is -0.193. The van der Waals surface area contributed by atoms with E-state index in [0.717, 1.165) is 22.4 Å². The van der Waals surface area contributed by atoms with Gasteiger partial charge in [0.25, 0.3) is 0 Å². The molecule has 0 spiro atoms. The van der Waals surface area contributed by atoms with Crippen LogP contribution in [0.3, 0.4) is 0 Å². The summed E-state index contributed by atoms with van der Waals surface area (Å²) in [6, 6.07) is 9.80. The number of halogens is 1. The van der Waals surface area contributed by atoms with Gasteiger partial charge in [0.2, 0.25) is 0 Å². The number of ether oxygens (including phenoxy) is 3. The highest BCUT2D eigenvalue weighted by molar-refractivity contribution is 6.32. The third kappa shape index (κ3) is 4.73. The van der Waals surface area contributed by atoms with Crippen molar-refractivity contribution < 1.29 is 29.5 Å². The molecule has 2 aliphatic heterocycles. The molecule has 4 rings (SSSR count). The van der Waals surface area contributed by atoms with Gasteiger partial charge in [0.05, 0.1) is 36.5 Å². The van der Waals surface area contributed by atoms with Gasteiger partial charge in [0.15, 0.2) is 0 Å². The molecule has 180 valence electrons. The Hall–Kier alpha value is -1.83. The molecular weight excluding hydrogens is 444 g/mol. The second-order valence-electron chi connectivity index (χ2n) is 9.70. The minimum atomic E-state index is -1.14. The molecule has 0 aliphatic carbocycles. The van der Waals surface area contributed by atoms with Gasteiger partial charge in [-0.1, -0.05) is 37.6 Å². The lowest BCUT2D eigenvalue weighted by atomic mass is 9.82. The fourth-order valence-corrected chi connectivity index (χ4v) is 5.17. The number of rotatable bonds is 6. The van der Waals surface area contributed by atoms with Crippen molar-refractivity contribution in [2.45, 2.75) is 76.5 Å². The first kappa shape index (κ1) is 24.3. The minimum absolute atomic E-state index is 0.163. The van der Waals surface area contributed by atoms with Gasteiger partial charge in [-0.25, -0.2) is 0 Å². The van der Waals surface area contributed by atoms with Crippen LogP contribution in [0, 0.1) is 0 Å². The average molecular weight is 477 g/mol. The van der Waals surface area contributed by atoms with Gasteiger partial charge < -0.3 is 29.5 Å². The quantitative estimate of drug-likeness (QED) is 0.585. The number of aliphatic hydroxyl groups excluding tert-OH is 3. The predicted molar refractivity (Wildman–Crippen MR) is 126 cm³/mol. The van der Waals surface area contributed by atoms with Crippen molar-refractivity contribution in [2.75, 3.05) is 13.2 Å². The molecule has 2 aromatic rings. The van der Waals surface area contributed by atoms with Crippen molar-refractivity contribution in [2.24, 2.45) is 0 Å². The molecule has 3 N–H and O–H groups in total. The Morgan fingerprint density at radius 2 is 1.91 bits per heavy atom. The van der Waals surface area contributed by atoms with Crippen LogP contribution in [0.5, 0.6) is 11.5 Å². The maximum atomic E-state index is 10.8. The normalized spacial score (nSPS) is 27.0. The monoisotopic (exact) mass is 476 g/mol. The molecule has 5 atom stereocenters. The van der Waals surface area contributed by atoms with Gasteiger partial charge in [-0.3, -0.25) is 0 Å². The largest absolute Gasteiger partial charge is 0.494 e. The Bertz CT molecular complexity index is 987. The molecular formula is C26H33ClO6. The minimum Gasteiger partial charge on any atom is -0.494 e. The van der Waals surface area contributed by atoms with E-state index in [1.807, 2.05) is 37.3 Å². The van der Waals surface area contributed by atoms with E-state index < -0.39 is 30.5 Å². The number of hydrogen-bond donors (Lipinski definition) is 3. The predicted octanol–water partition coefficient (Wildman–Crippen LogP) is 3.93. The molecule has 33 heavy (non-hydrogen) atoms. The molecule has 6 nitrogen and oxygen atoms in total. The van der Waals surface area contributed by atoms with Crippen LogP contribution >= 0.6 is 11.6 Å². The van der Waals surface area contributed by atoms with Crippen LogP contribution in [0.1, 0.15) is 62.5 Å². The standard InChI is InChI=1S/C26H33ClO6/c1-5-31-17-8-6-15(7-9-17)10-16-11-18(24-21(22(16)27)26(3,4)13-32-24)25-23(30)19(29)12-20(33-25)14(2)28/h6-9,11,14,19-20,23,25,28-30H,5,10,12-13H2,1-4H3/t14-,19-,20-,23+,25-/m0/s1. The van der Waals surface area contributed by atoms with Gasteiger partial charge in [0.1, 0.15) is 23.7 Å². The molecule has 0 radical (unpaired) electrons. The van der Waals surface area contributed by atoms with E-state index in [2.05, 4.69) is 13.8 Å². The molecule has 1 saturated heterocycles. The van der Waals surface area contributed by atoms with Gasteiger partial charge in [-0.05, 0) is 49.6 Å². The number of aliphatic hydroxyl groups is 3. The summed E-state index contributed by atoms with van der Waals surface area (Å²) in [4.78, 5) is 0. The van der Waals surface area contributed by atoms with Crippen LogP contribution in [0.2, 0.25) is 5.02 Å². The topological polar surface area (TPSA) is 88.4 Å². The Morgan fingerprint density at radius 1 is 1.21 bits per heavy atom. The first-order chi connectivity index (χ1) is 15.6. The van der Waals surface area contributed by atoms with Crippen molar-refractivity contribution in [1.82, 2.24) is 0 Å². The molecule has 2 aromatic carbocycles. The summed E-state index contributed by atoms with van der Waals surface area (Å²) in [6.07, 6.45) is -3.63. The average Bonchev–Trinajstić information content (AvgIpc) is 3.09. The van der Waals surface area contributed by atoms with Gasteiger partial charge in [0, 0.05) is 23.0 Å². The lowest BCUT2D eigenvalue weighted by Gasteiger charge is -2.39. The molecule has 0 bridgehead atoms. The summed E-state index contributed by atoms with van der Waals surface area (Å²) in [5.74, 6) is 1.41. The van der Waals surface area contributed by atoms with Crippen molar-refractivity contribution in [3.05, 3.63) is 57.6 Å². The summed E-state index contributed by atoms with van der Waals surface area (Å²) < 4.78 is 17.7. The Labute approximate surface area is 200 Å². The highest BCUT2D eigenvalue weighted by Crippen LogP contribution is 2.50. The van der Waals surface area contributed by atoms with E-state index in [1.54, 1.807) is 6.92 Å². The van der Waals surface area contributed by atoms with Crippen LogP contribution < -0.4 is 9.47 Å². The van der Waals surface area contributed by atoms with E-state index in [4.69, 9.17) is 25.8 Å². The molecule has 0 saturated carbocycles. The zero-order chi connectivity index (χ0) is 23.9. The Balaban J connectivity index is 1.77. The maximum absolute atomic E-state index is 10.8. The Morgan fingerprint density at radius 3 is 2.55 bits per heavy atom. The lowest BCUT2D eigenvalue weighted by Crippen LogP contribution is -2.47. The Kier molecular flexibility index (Phi) is 6.95. The maximum Gasteiger partial charge on any atom is 0.130 e. The fraction of sp³-hybridized carbons (Fsp3) is 0.538. The molecule has 7 heteroatoms. The van der Waals surface area contributed by atoms with Crippen LogP contribution in [-0.2, 0) is 16.6 Å². The first-order valence-corrected chi connectivity index (χ1v) is 11.9. The van der Waals surface area contributed by atoms with Crippen LogP contribution in [0.25, 0.3) is 0 Å². The summed E-state index contributed by atoms with van der Waals surface area (Å²) in [7, 11) is 0. The van der Waals surface area contributed by atoms with E-state index in [1.165, 1.54) is 0 Å². The third-order valence-electron chi connectivity index (χ3n) is 6.55. The smallest absolute Gasteiger partial charge is 0.130 e. The van der Waals surface area contributed by atoms with Gasteiger partial charge in [-0.2, -0.15) is 0 Å². The SMILES string of the molecule is CCOc1ccc(Cc2cc([C@@H]3O[C@H]([C@H](C)O)C[C@H](O)[C@H]3O)c3c(c2Cl)C(C)(C)CO3)cc1. The number of fused-ring (bicyclic) bond motifs is 1. The van der Waals surface area contributed by atoms with Crippen molar-refractivity contribution in [3.8, 4) is 11.5 Å². The van der Waals surface area contributed by atoms with E-state index in [-0.39, 0.29) is 11.8 Å². The van der Waals surface area contributed by atoms with Gasteiger partial charge >= 0.3 is 0 Å². The fourth-order valence-electron chi connectivity index (χ4n) is 4.71. The zero-order valence-corrected chi connectivity index (χ0v) is 20.3. The van der Waals surface area contributed by atoms with E-state index in [9.17, 15) is 15.3 Å². The van der Waals surface area contributed by atoms with E-state index >= 15 is 0 Å². The molecule has 0 aromatic heterocycles. The molecule has 1 fully saturated rings. The first-order valence-electron chi connectivity index (χ1n) is 11.5. The van der Waals surface area contributed by atoms with Crippen molar-refractivity contribution in [3.63, 3.8) is 0 Å². The number of hydrogen-bond acceptors (Lipinski definition) is 6. The van der Waals surface area contributed by atoms with Crippen LogP contribution in [0.4, 0.5) is 0 Å². The third-order valence-corrected chi connectivity index (χ3v) is 6.98. The van der Waals surface area contributed by atoms with E-state index in [0.29, 0.717) is 36.0 Å².